The van der Waals surface area contributed by atoms with Gasteiger partial charge in [0.1, 0.15) is 6.17 Å². The van der Waals surface area contributed by atoms with Gasteiger partial charge in [0.25, 0.3) is 0 Å². The monoisotopic (exact) mass is 174 g/mol. The summed E-state index contributed by atoms with van der Waals surface area (Å²) < 4.78 is 13.1. The second-order valence-corrected chi connectivity index (χ2v) is 4.96. The Hall–Kier alpha value is -0.110. The number of aliphatic hydroxyl groups is 1. The highest BCUT2D eigenvalue weighted by molar-refractivity contribution is 4.85. The van der Waals surface area contributed by atoms with Crippen LogP contribution < -0.4 is 0 Å². The number of alkyl halides is 1. The quantitative estimate of drug-likeness (QED) is 0.598. The molecular weight excluding hydrogens is 155 g/mol. The van der Waals surface area contributed by atoms with E-state index >= 15 is 0 Å². The summed E-state index contributed by atoms with van der Waals surface area (Å²) >= 11 is 0. The first kappa shape index (κ1) is 9.97. The Morgan fingerprint density at radius 1 is 1.25 bits per heavy atom. The van der Waals surface area contributed by atoms with Crippen molar-refractivity contribution in [1.82, 2.24) is 0 Å². The van der Waals surface area contributed by atoms with E-state index in [9.17, 15) is 9.50 Å². The number of rotatable bonds is 0. The zero-order valence-corrected chi connectivity index (χ0v) is 8.18. The molecule has 1 aliphatic rings. The lowest BCUT2D eigenvalue weighted by molar-refractivity contribution is 0.000313. The van der Waals surface area contributed by atoms with Crippen molar-refractivity contribution in [3.8, 4) is 0 Å². The van der Waals surface area contributed by atoms with Crippen molar-refractivity contribution in [2.45, 2.75) is 52.3 Å². The lowest BCUT2D eigenvalue weighted by Gasteiger charge is -2.37. The van der Waals surface area contributed by atoms with Crippen LogP contribution in [0.4, 0.5) is 4.39 Å². The second kappa shape index (κ2) is 3.33. The van der Waals surface area contributed by atoms with Gasteiger partial charge in [-0.2, -0.15) is 0 Å². The SMILES string of the molecule is CC(C)(C)[C@@H]1CC[C@@H](O)[C@H](F)C1. The van der Waals surface area contributed by atoms with Crippen molar-refractivity contribution in [3.05, 3.63) is 0 Å². The molecular formula is C10H19FO. The summed E-state index contributed by atoms with van der Waals surface area (Å²) in [6.45, 7) is 6.42. The molecule has 0 aromatic rings. The molecule has 12 heavy (non-hydrogen) atoms. The summed E-state index contributed by atoms with van der Waals surface area (Å²) in [5.41, 5.74) is 0.185. The number of aliphatic hydroxyl groups excluding tert-OH is 1. The number of hydrogen-bond donors (Lipinski definition) is 1. The van der Waals surface area contributed by atoms with Crippen LogP contribution in [-0.2, 0) is 0 Å². The number of hydrogen-bond acceptors (Lipinski definition) is 1. The van der Waals surface area contributed by atoms with Gasteiger partial charge in [-0.3, -0.25) is 0 Å². The van der Waals surface area contributed by atoms with Gasteiger partial charge in [-0.25, -0.2) is 4.39 Å². The highest BCUT2D eigenvalue weighted by Gasteiger charge is 2.34. The van der Waals surface area contributed by atoms with Gasteiger partial charge in [-0.15, -0.1) is 0 Å². The zero-order valence-electron chi connectivity index (χ0n) is 8.18. The van der Waals surface area contributed by atoms with E-state index in [0.717, 1.165) is 6.42 Å². The van der Waals surface area contributed by atoms with Gasteiger partial charge in [-0.05, 0) is 30.6 Å². The van der Waals surface area contributed by atoms with Crippen LogP contribution in [0.5, 0.6) is 0 Å². The molecule has 0 amide bonds. The van der Waals surface area contributed by atoms with Crippen molar-refractivity contribution >= 4 is 0 Å². The maximum atomic E-state index is 13.1. The Labute approximate surface area is 74.0 Å². The Morgan fingerprint density at radius 2 is 1.83 bits per heavy atom. The van der Waals surface area contributed by atoms with Gasteiger partial charge >= 0.3 is 0 Å². The minimum atomic E-state index is -0.997. The Bertz CT molecular complexity index is 150. The first-order chi connectivity index (χ1) is 5.41. The first-order valence-electron chi connectivity index (χ1n) is 4.73. The van der Waals surface area contributed by atoms with E-state index in [0.29, 0.717) is 18.8 Å². The van der Waals surface area contributed by atoms with Crippen LogP contribution in [0, 0.1) is 11.3 Å². The molecule has 1 N–H and O–H groups in total. The predicted molar refractivity (Wildman–Crippen MR) is 47.7 cm³/mol. The normalized spacial score (nSPS) is 38.2. The maximum Gasteiger partial charge on any atom is 0.126 e. The molecule has 1 saturated carbocycles. The van der Waals surface area contributed by atoms with Crippen LogP contribution in [0.15, 0.2) is 0 Å². The summed E-state index contributed by atoms with van der Waals surface area (Å²) in [7, 11) is 0. The predicted octanol–water partition coefficient (Wildman–Crippen LogP) is 2.53. The standard InChI is InChI=1S/C10H19FO/c1-10(2,3)7-4-5-9(12)8(11)6-7/h7-9,12H,4-6H2,1-3H3/t7-,8-,9-/m1/s1. The Balaban J connectivity index is 2.51. The van der Waals surface area contributed by atoms with Gasteiger partial charge in [0.15, 0.2) is 0 Å². The third-order valence-electron chi connectivity index (χ3n) is 2.96. The molecule has 0 aromatic carbocycles. The van der Waals surface area contributed by atoms with Gasteiger partial charge < -0.3 is 5.11 Å². The van der Waals surface area contributed by atoms with Crippen molar-refractivity contribution in [2.24, 2.45) is 11.3 Å². The fourth-order valence-corrected chi connectivity index (χ4v) is 1.89. The Morgan fingerprint density at radius 3 is 2.25 bits per heavy atom. The second-order valence-electron chi connectivity index (χ2n) is 4.96. The first-order valence-corrected chi connectivity index (χ1v) is 4.73. The molecule has 1 fully saturated rings. The van der Waals surface area contributed by atoms with Gasteiger partial charge in [0.2, 0.25) is 0 Å². The average molecular weight is 174 g/mol. The molecule has 0 heterocycles. The minimum absolute atomic E-state index is 0.185. The molecule has 0 saturated heterocycles. The molecule has 0 spiro atoms. The molecule has 0 aromatic heterocycles. The van der Waals surface area contributed by atoms with E-state index in [-0.39, 0.29) is 5.41 Å². The summed E-state index contributed by atoms with van der Waals surface area (Å²) in [6.07, 6.45) is 0.422. The van der Waals surface area contributed by atoms with E-state index in [2.05, 4.69) is 20.8 Å². The Kier molecular flexibility index (Phi) is 2.77. The third-order valence-corrected chi connectivity index (χ3v) is 2.96. The minimum Gasteiger partial charge on any atom is -0.390 e. The maximum absolute atomic E-state index is 13.1. The summed E-state index contributed by atoms with van der Waals surface area (Å²) in [6, 6.07) is 0. The summed E-state index contributed by atoms with van der Waals surface area (Å²) in [5, 5.41) is 9.19. The van der Waals surface area contributed by atoms with Crippen molar-refractivity contribution < 1.29 is 9.50 Å². The van der Waals surface area contributed by atoms with E-state index < -0.39 is 12.3 Å². The lowest BCUT2D eigenvalue weighted by atomic mass is 9.71. The van der Waals surface area contributed by atoms with Crippen LogP contribution in [0.1, 0.15) is 40.0 Å². The molecule has 0 unspecified atom stereocenters. The molecule has 72 valence electrons. The van der Waals surface area contributed by atoms with Crippen molar-refractivity contribution in [1.29, 1.82) is 0 Å². The summed E-state index contributed by atoms with van der Waals surface area (Å²) in [5.74, 6) is 0.427. The molecule has 3 atom stereocenters. The molecule has 2 heteroatoms. The van der Waals surface area contributed by atoms with E-state index in [4.69, 9.17) is 0 Å². The fourth-order valence-electron chi connectivity index (χ4n) is 1.89. The fraction of sp³-hybridized carbons (Fsp3) is 1.00. The average Bonchev–Trinajstić information content (AvgIpc) is 1.92. The largest absolute Gasteiger partial charge is 0.390 e. The molecule has 1 aliphatic carbocycles. The smallest absolute Gasteiger partial charge is 0.126 e. The van der Waals surface area contributed by atoms with Crippen LogP contribution in [0.3, 0.4) is 0 Å². The van der Waals surface area contributed by atoms with Crippen LogP contribution >= 0.6 is 0 Å². The van der Waals surface area contributed by atoms with Gasteiger partial charge in [0, 0.05) is 0 Å². The topological polar surface area (TPSA) is 20.2 Å². The molecule has 1 rings (SSSR count). The van der Waals surface area contributed by atoms with E-state index in [1.807, 2.05) is 0 Å². The highest BCUT2D eigenvalue weighted by atomic mass is 19.1. The molecule has 0 bridgehead atoms. The molecule has 0 aliphatic heterocycles. The lowest BCUT2D eigenvalue weighted by Crippen LogP contribution is -2.35. The molecule has 1 nitrogen and oxygen atoms in total. The van der Waals surface area contributed by atoms with Crippen molar-refractivity contribution in [2.75, 3.05) is 0 Å². The van der Waals surface area contributed by atoms with Crippen LogP contribution in [-0.4, -0.2) is 17.4 Å². The van der Waals surface area contributed by atoms with Crippen LogP contribution in [0.2, 0.25) is 0 Å². The van der Waals surface area contributed by atoms with Crippen molar-refractivity contribution in [3.63, 3.8) is 0 Å². The van der Waals surface area contributed by atoms with E-state index in [1.54, 1.807) is 0 Å². The van der Waals surface area contributed by atoms with Gasteiger partial charge in [-0.1, -0.05) is 20.8 Å². The highest BCUT2D eigenvalue weighted by Crippen LogP contribution is 2.38. The number of halogens is 1. The van der Waals surface area contributed by atoms with Crippen LogP contribution in [0.25, 0.3) is 0 Å². The zero-order chi connectivity index (χ0) is 9.35. The van der Waals surface area contributed by atoms with Gasteiger partial charge in [0.05, 0.1) is 6.10 Å². The third kappa shape index (κ3) is 2.19. The summed E-state index contributed by atoms with van der Waals surface area (Å²) in [4.78, 5) is 0. The van der Waals surface area contributed by atoms with E-state index in [1.165, 1.54) is 0 Å². The molecule has 0 radical (unpaired) electrons.